The first-order valence-corrected chi connectivity index (χ1v) is 6.06. The van der Waals surface area contributed by atoms with Gasteiger partial charge in [-0.05, 0) is 49.8 Å². The van der Waals surface area contributed by atoms with Gasteiger partial charge < -0.3 is 15.2 Å². The van der Waals surface area contributed by atoms with Crippen molar-refractivity contribution in [2.24, 2.45) is 10.8 Å². The summed E-state index contributed by atoms with van der Waals surface area (Å²) < 4.78 is 11.0. The predicted molar refractivity (Wildman–Crippen MR) is 76.3 cm³/mol. The largest absolute Gasteiger partial charge is 0.490 e. The Bertz CT molecular complexity index is 435. The molecule has 18 heavy (non-hydrogen) atoms. The second-order valence-corrected chi connectivity index (χ2v) is 3.75. The average molecular weight is 267 g/mol. The molecular weight excluding hydrogens is 250 g/mol. The number of thiocarbonyl (C=S) groups is 1. The van der Waals surface area contributed by atoms with Crippen LogP contribution in [0.2, 0.25) is 0 Å². The number of nitrogens with two attached hydrogens (primary N) is 1. The minimum atomic E-state index is 0.127. The third-order valence-electron chi connectivity index (χ3n) is 1.96. The summed E-state index contributed by atoms with van der Waals surface area (Å²) in [4.78, 5) is 0. The Morgan fingerprint density at radius 1 is 1.33 bits per heavy atom. The quantitative estimate of drug-likeness (QED) is 0.466. The molecule has 0 spiro atoms. The molecule has 1 aromatic carbocycles. The predicted octanol–water partition coefficient (Wildman–Crippen LogP) is 1.65. The maximum atomic E-state index is 5.50. The molecule has 0 aromatic heterocycles. The molecule has 0 radical (unpaired) electrons. The molecule has 0 amide bonds. The Balaban J connectivity index is 2.84. The molecule has 0 saturated carbocycles. The number of ether oxygens (including phenoxy) is 2. The highest BCUT2D eigenvalue weighted by Gasteiger charge is 2.04. The molecule has 6 heteroatoms. The van der Waals surface area contributed by atoms with E-state index in [-0.39, 0.29) is 5.11 Å². The summed E-state index contributed by atoms with van der Waals surface area (Å²) in [6.07, 6.45) is 1.61. The van der Waals surface area contributed by atoms with Gasteiger partial charge >= 0.3 is 0 Å². The molecule has 0 unspecified atom stereocenters. The second kappa shape index (κ2) is 7.50. The van der Waals surface area contributed by atoms with Gasteiger partial charge in [0.1, 0.15) is 0 Å². The lowest BCUT2D eigenvalue weighted by atomic mass is 10.2. The number of hydrazone groups is 1. The molecule has 0 fully saturated rings. The third-order valence-corrected chi connectivity index (χ3v) is 2.05. The summed E-state index contributed by atoms with van der Waals surface area (Å²) in [5.74, 6) is 1.41. The molecule has 1 aromatic rings. The van der Waals surface area contributed by atoms with E-state index in [4.69, 9.17) is 15.2 Å². The zero-order chi connectivity index (χ0) is 13.4. The summed E-state index contributed by atoms with van der Waals surface area (Å²) in [7, 11) is 0. The number of rotatable bonds is 6. The minimum absolute atomic E-state index is 0.127. The van der Waals surface area contributed by atoms with Gasteiger partial charge in [0.2, 0.25) is 0 Å². The number of nitrogens with zero attached hydrogens (tertiary/aromatic N) is 1. The Morgan fingerprint density at radius 3 is 2.61 bits per heavy atom. The summed E-state index contributed by atoms with van der Waals surface area (Å²) in [5.41, 5.74) is 8.62. The van der Waals surface area contributed by atoms with Crippen LogP contribution in [-0.4, -0.2) is 24.5 Å². The summed E-state index contributed by atoms with van der Waals surface area (Å²) in [6.45, 7) is 5.02. The molecular formula is C12H17N3O2S. The molecule has 5 nitrogen and oxygen atoms in total. The van der Waals surface area contributed by atoms with E-state index >= 15 is 0 Å². The molecule has 0 aliphatic heterocycles. The molecule has 0 saturated heterocycles. The van der Waals surface area contributed by atoms with E-state index in [1.807, 2.05) is 32.0 Å². The van der Waals surface area contributed by atoms with Crippen molar-refractivity contribution in [2.75, 3.05) is 13.2 Å². The van der Waals surface area contributed by atoms with Gasteiger partial charge in [-0.1, -0.05) is 0 Å². The van der Waals surface area contributed by atoms with E-state index in [0.717, 1.165) is 11.3 Å². The SMILES string of the molecule is CCOc1ccc(/C=N/NC(N)=S)cc1OCC. The first kappa shape index (κ1) is 14.2. The average Bonchev–Trinajstić information content (AvgIpc) is 2.32. The fourth-order valence-corrected chi connectivity index (χ4v) is 1.37. The zero-order valence-corrected chi connectivity index (χ0v) is 11.3. The lowest BCUT2D eigenvalue weighted by molar-refractivity contribution is 0.288. The van der Waals surface area contributed by atoms with Crippen LogP contribution < -0.4 is 20.6 Å². The smallest absolute Gasteiger partial charge is 0.184 e. The summed E-state index contributed by atoms with van der Waals surface area (Å²) in [5, 5.41) is 4.01. The van der Waals surface area contributed by atoms with Gasteiger partial charge in [0.15, 0.2) is 16.6 Å². The van der Waals surface area contributed by atoms with Crippen molar-refractivity contribution in [1.82, 2.24) is 5.43 Å². The van der Waals surface area contributed by atoms with E-state index in [1.165, 1.54) is 0 Å². The van der Waals surface area contributed by atoms with Gasteiger partial charge in [-0.2, -0.15) is 5.10 Å². The fourth-order valence-electron chi connectivity index (χ4n) is 1.32. The van der Waals surface area contributed by atoms with Crippen LogP contribution in [0.1, 0.15) is 19.4 Å². The van der Waals surface area contributed by atoms with Crippen molar-refractivity contribution >= 4 is 23.5 Å². The van der Waals surface area contributed by atoms with Gasteiger partial charge in [0, 0.05) is 0 Å². The summed E-state index contributed by atoms with van der Waals surface area (Å²) >= 11 is 4.64. The van der Waals surface area contributed by atoms with Crippen molar-refractivity contribution in [3.05, 3.63) is 23.8 Å². The highest BCUT2D eigenvalue weighted by atomic mass is 32.1. The van der Waals surface area contributed by atoms with Crippen molar-refractivity contribution in [1.29, 1.82) is 0 Å². The van der Waals surface area contributed by atoms with Gasteiger partial charge in [0.05, 0.1) is 19.4 Å². The Kier molecular flexibility index (Phi) is 5.93. The monoisotopic (exact) mass is 267 g/mol. The van der Waals surface area contributed by atoms with Crippen LogP contribution in [-0.2, 0) is 0 Å². The molecule has 0 atom stereocenters. The maximum absolute atomic E-state index is 5.50. The fraction of sp³-hybridized carbons (Fsp3) is 0.333. The van der Waals surface area contributed by atoms with E-state index < -0.39 is 0 Å². The van der Waals surface area contributed by atoms with Gasteiger partial charge in [-0.15, -0.1) is 0 Å². The molecule has 0 heterocycles. The van der Waals surface area contributed by atoms with Crippen LogP contribution >= 0.6 is 12.2 Å². The Morgan fingerprint density at radius 2 is 2.00 bits per heavy atom. The molecule has 1 rings (SSSR count). The Labute approximate surface area is 112 Å². The Hall–Kier alpha value is -1.82. The zero-order valence-electron chi connectivity index (χ0n) is 10.5. The number of benzene rings is 1. The van der Waals surface area contributed by atoms with Crippen molar-refractivity contribution in [2.45, 2.75) is 13.8 Å². The highest BCUT2D eigenvalue weighted by Crippen LogP contribution is 2.27. The standard InChI is InChI=1S/C12H17N3O2S/c1-3-16-10-6-5-9(7-11(10)17-4-2)8-14-15-12(13)18/h5-8H,3-4H2,1-2H3,(H3,13,15,18)/b14-8+. The van der Waals surface area contributed by atoms with Crippen LogP contribution in [0.4, 0.5) is 0 Å². The van der Waals surface area contributed by atoms with E-state index in [1.54, 1.807) is 6.21 Å². The number of nitrogens with one attached hydrogen (secondary N) is 1. The molecule has 0 bridgehead atoms. The molecule has 0 aliphatic rings. The summed E-state index contributed by atoms with van der Waals surface area (Å²) in [6, 6.07) is 5.56. The van der Waals surface area contributed by atoms with Crippen molar-refractivity contribution in [3.63, 3.8) is 0 Å². The molecule has 98 valence electrons. The van der Waals surface area contributed by atoms with Crippen molar-refractivity contribution < 1.29 is 9.47 Å². The lowest BCUT2D eigenvalue weighted by Gasteiger charge is -2.11. The maximum Gasteiger partial charge on any atom is 0.184 e. The number of hydrogen-bond donors (Lipinski definition) is 2. The minimum Gasteiger partial charge on any atom is -0.490 e. The lowest BCUT2D eigenvalue weighted by Crippen LogP contribution is -2.23. The molecule has 3 N–H and O–H groups in total. The van der Waals surface area contributed by atoms with Gasteiger partial charge in [-0.25, -0.2) is 0 Å². The van der Waals surface area contributed by atoms with Crippen LogP contribution in [0.5, 0.6) is 11.5 Å². The highest BCUT2D eigenvalue weighted by molar-refractivity contribution is 7.80. The third kappa shape index (κ3) is 4.58. The normalized spacial score (nSPS) is 10.3. The molecule has 0 aliphatic carbocycles. The van der Waals surface area contributed by atoms with Crippen LogP contribution in [0.25, 0.3) is 0 Å². The van der Waals surface area contributed by atoms with Crippen LogP contribution in [0.15, 0.2) is 23.3 Å². The van der Waals surface area contributed by atoms with Crippen LogP contribution in [0.3, 0.4) is 0 Å². The van der Waals surface area contributed by atoms with Crippen molar-refractivity contribution in [3.8, 4) is 11.5 Å². The first-order chi connectivity index (χ1) is 8.67. The number of hydrogen-bond acceptors (Lipinski definition) is 4. The topological polar surface area (TPSA) is 68.9 Å². The van der Waals surface area contributed by atoms with E-state index in [2.05, 4.69) is 22.7 Å². The first-order valence-electron chi connectivity index (χ1n) is 5.65. The van der Waals surface area contributed by atoms with Gasteiger partial charge in [-0.3, -0.25) is 5.43 Å². The van der Waals surface area contributed by atoms with E-state index in [0.29, 0.717) is 19.0 Å². The van der Waals surface area contributed by atoms with Crippen LogP contribution in [0, 0.1) is 0 Å². The second-order valence-electron chi connectivity index (χ2n) is 3.31. The van der Waals surface area contributed by atoms with E-state index in [9.17, 15) is 0 Å². The van der Waals surface area contributed by atoms with Gasteiger partial charge in [0.25, 0.3) is 0 Å².